The Balaban J connectivity index is 1.59. The fourth-order valence-electron chi connectivity index (χ4n) is 1.76. The van der Waals surface area contributed by atoms with Crippen LogP contribution in [0.3, 0.4) is 0 Å². The largest absolute Gasteiger partial charge is 0.441 e. The predicted octanol–water partition coefficient (Wildman–Crippen LogP) is 0.888. The van der Waals surface area contributed by atoms with Crippen LogP contribution in [-0.2, 0) is 9.78 Å². The summed E-state index contributed by atoms with van der Waals surface area (Å²) in [5.74, 6) is 0.374. The molecule has 1 aliphatic heterocycles. The summed E-state index contributed by atoms with van der Waals surface area (Å²) >= 11 is 0. The third-order valence-corrected chi connectivity index (χ3v) is 3.00. The van der Waals surface area contributed by atoms with E-state index >= 15 is 0 Å². The van der Waals surface area contributed by atoms with Gasteiger partial charge in [0.25, 0.3) is 0 Å². The van der Waals surface area contributed by atoms with E-state index in [1.54, 1.807) is 4.90 Å². The summed E-state index contributed by atoms with van der Waals surface area (Å²) in [5.41, 5.74) is 5.60. The monoisotopic (exact) mass is 214 g/mol. The van der Waals surface area contributed by atoms with E-state index < -0.39 is 0 Å². The maximum atomic E-state index is 11.4. The molecule has 1 saturated carbocycles. The minimum absolute atomic E-state index is 0.235. The Hall–Kier alpha value is -0.810. The van der Waals surface area contributed by atoms with Crippen molar-refractivity contribution in [2.75, 3.05) is 19.7 Å². The number of hydrogen-bond acceptors (Lipinski definition) is 4. The van der Waals surface area contributed by atoms with Gasteiger partial charge in [-0.1, -0.05) is 0 Å². The van der Waals surface area contributed by atoms with Gasteiger partial charge in [-0.25, -0.2) is 4.79 Å². The standard InChI is InChI=1S/C10H18N2O3/c11-9-6-8(9)7-14-15-10(13)12-4-2-1-3-5-12/h8-9H,1-7,11H2. The second-order valence-corrected chi connectivity index (χ2v) is 4.34. The van der Waals surface area contributed by atoms with Crippen LogP contribution in [0, 0.1) is 5.92 Å². The number of hydrogen-bond donors (Lipinski definition) is 1. The highest BCUT2D eigenvalue weighted by Gasteiger charge is 2.34. The van der Waals surface area contributed by atoms with Crippen molar-refractivity contribution in [1.82, 2.24) is 4.90 Å². The Kier molecular flexibility index (Phi) is 3.43. The third-order valence-electron chi connectivity index (χ3n) is 3.00. The molecule has 15 heavy (non-hydrogen) atoms. The van der Waals surface area contributed by atoms with Gasteiger partial charge in [0.15, 0.2) is 0 Å². The van der Waals surface area contributed by atoms with E-state index in [9.17, 15) is 4.79 Å². The topological polar surface area (TPSA) is 64.8 Å². The van der Waals surface area contributed by atoms with Crippen LogP contribution in [0.4, 0.5) is 4.79 Å². The first-order valence-electron chi connectivity index (χ1n) is 5.61. The van der Waals surface area contributed by atoms with Gasteiger partial charge in [0, 0.05) is 25.0 Å². The van der Waals surface area contributed by atoms with Crippen molar-refractivity contribution >= 4 is 6.09 Å². The van der Waals surface area contributed by atoms with Gasteiger partial charge >= 0.3 is 6.09 Å². The van der Waals surface area contributed by atoms with Gasteiger partial charge in [-0.15, -0.1) is 0 Å². The highest BCUT2D eigenvalue weighted by molar-refractivity contribution is 5.66. The second kappa shape index (κ2) is 4.81. The van der Waals surface area contributed by atoms with E-state index in [1.807, 2.05) is 0 Å². The van der Waals surface area contributed by atoms with Crippen LogP contribution in [0.15, 0.2) is 0 Å². The van der Waals surface area contributed by atoms with Crippen molar-refractivity contribution < 1.29 is 14.6 Å². The van der Waals surface area contributed by atoms with E-state index in [2.05, 4.69) is 0 Å². The summed E-state index contributed by atoms with van der Waals surface area (Å²) in [5, 5.41) is 0. The van der Waals surface area contributed by atoms with Gasteiger partial charge in [-0.3, -0.25) is 4.89 Å². The van der Waals surface area contributed by atoms with E-state index in [0.717, 1.165) is 32.4 Å². The van der Waals surface area contributed by atoms with Crippen LogP contribution in [-0.4, -0.2) is 36.7 Å². The first-order chi connectivity index (χ1) is 7.27. The fourth-order valence-corrected chi connectivity index (χ4v) is 1.76. The van der Waals surface area contributed by atoms with Crippen LogP contribution in [0.2, 0.25) is 0 Å². The smallest absolute Gasteiger partial charge is 0.327 e. The Morgan fingerprint density at radius 1 is 1.33 bits per heavy atom. The molecule has 2 aliphatic rings. The molecule has 0 radical (unpaired) electrons. The molecule has 86 valence electrons. The lowest BCUT2D eigenvalue weighted by atomic mass is 10.1. The van der Waals surface area contributed by atoms with Crippen molar-refractivity contribution in [3.05, 3.63) is 0 Å². The van der Waals surface area contributed by atoms with Gasteiger partial charge in [-0.05, 0) is 25.7 Å². The van der Waals surface area contributed by atoms with Crippen LogP contribution in [0.1, 0.15) is 25.7 Å². The number of nitrogens with two attached hydrogens (primary N) is 1. The lowest BCUT2D eigenvalue weighted by Crippen LogP contribution is -2.36. The van der Waals surface area contributed by atoms with E-state index in [4.69, 9.17) is 15.5 Å². The maximum absolute atomic E-state index is 11.4. The Bertz CT molecular complexity index is 229. The molecule has 1 aliphatic carbocycles. The summed E-state index contributed by atoms with van der Waals surface area (Å²) in [6.07, 6.45) is 3.93. The van der Waals surface area contributed by atoms with Crippen LogP contribution >= 0.6 is 0 Å². The Morgan fingerprint density at radius 2 is 2.00 bits per heavy atom. The number of carbonyl (C=O) groups is 1. The van der Waals surface area contributed by atoms with Crippen LogP contribution in [0.25, 0.3) is 0 Å². The minimum Gasteiger partial charge on any atom is -0.327 e. The zero-order valence-corrected chi connectivity index (χ0v) is 8.85. The molecule has 0 aromatic rings. The van der Waals surface area contributed by atoms with E-state index in [0.29, 0.717) is 12.5 Å². The van der Waals surface area contributed by atoms with Crippen LogP contribution < -0.4 is 5.73 Å². The van der Waals surface area contributed by atoms with Crippen molar-refractivity contribution in [3.63, 3.8) is 0 Å². The van der Waals surface area contributed by atoms with Gasteiger partial charge in [-0.2, -0.15) is 4.89 Å². The molecule has 0 aromatic heterocycles. The molecular formula is C10H18N2O3. The van der Waals surface area contributed by atoms with Crippen molar-refractivity contribution in [2.45, 2.75) is 31.7 Å². The molecule has 5 heteroatoms. The summed E-state index contributed by atoms with van der Waals surface area (Å²) in [6.45, 7) is 2.00. The molecule has 2 unspecified atom stereocenters. The summed E-state index contributed by atoms with van der Waals surface area (Å²) in [6, 6.07) is 0.235. The summed E-state index contributed by atoms with van der Waals surface area (Å²) < 4.78 is 0. The normalized spacial score (nSPS) is 30.1. The highest BCUT2D eigenvalue weighted by Crippen LogP contribution is 2.27. The number of likely N-dealkylation sites (tertiary alicyclic amines) is 1. The van der Waals surface area contributed by atoms with Crippen molar-refractivity contribution in [3.8, 4) is 0 Å². The lowest BCUT2D eigenvalue weighted by molar-refractivity contribution is -0.249. The molecule has 2 fully saturated rings. The van der Waals surface area contributed by atoms with Crippen molar-refractivity contribution in [2.24, 2.45) is 11.7 Å². The van der Waals surface area contributed by atoms with Gasteiger partial charge < -0.3 is 10.6 Å². The summed E-state index contributed by atoms with van der Waals surface area (Å²) in [7, 11) is 0. The SMILES string of the molecule is NC1CC1COOC(=O)N1CCCCC1. The van der Waals surface area contributed by atoms with E-state index in [-0.39, 0.29) is 12.1 Å². The first kappa shape index (κ1) is 10.7. The van der Waals surface area contributed by atoms with Crippen LogP contribution in [0.5, 0.6) is 0 Å². The third kappa shape index (κ3) is 3.07. The van der Waals surface area contributed by atoms with Crippen molar-refractivity contribution in [1.29, 1.82) is 0 Å². The number of carbonyl (C=O) groups excluding carboxylic acids is 1. The average Bonchev–Trinajstić information content (AvgIpc) is 2.96. The molecule has 0 aromatic carbocycles. The number of piperidine rings is 1. The number of rotatable bonds is 3. The zero-order chi connectivity index (χ0) is 10.7. The maximum Gasteiger partial charge on any atom is 0.441 e. The molecule has 0 spiro atoms. The quantitative estimate of drug-likeness (QED) is 0.559. The first-order valence-corrected chi connectivity index (χ1v) is 5.61. The fraction of sp³-hybridized carbons (Fsp3) is 0.900. The molecule has 2 N–H and O–H groups in total. The molecule has 1 amide bonds. The molecule has 5 nitrogen and oxygen atoms in total. The lowest BCUT2D eigenvalue weighted by Gasteiger charge is -2.24. The summed E-state index contributed by atoms with van der Waals surface area (Å²) in [4.78, 5) is 22.7. The van der Waals surface area contributed by atoms with E-state index in [1.165, 1.54) is 6.42 Å². The minimum atomic E-state index is -0.357. The highest BCUT2D eigenvalue weighted by atomic mass is 17.2. The predicted molar refractivity (Wildman–Crippen MR) is 53.9 cm³/mol. The average molecular weight is 214 g/mol. The molecule has 2 atom stereocenters. The molecule has 0 bridgehead atoms. The molecule has 1 heterocycles. The van der Waals surface area contributed by atoms with Gasteiger partial charge in [0.1, 0.15) is 0 Å². The van der Waals surface area contributed by atoms with Gasteiger partial charge in [0.05, 0.1) is 6.61 Å². The number of amides is 1. The second-order valence-electron chi connectivity index (χ2n) is 4.34. The number of nitrogens with zero attached hydrogens (tertiary/aromatic N) is 1. The molecular weight excluding hydrogens is 196 g/mol. The Morgan fingerprint density at radius 3 is 2.60 bits per heavy atom. The van der Waals surface area contributed by atoms with Gasteiger partial charge in [0.2, 0.25) is 0 Å². The zero-order valence-electron chi connectivity index (χ0n) is 8.85. The Labute approximate surface area is 89.4 Å². The molecule has 2 rings (SSSR count). The molecule has 1 saturated heterocycles.